The minimum Gasteiger partial charge on any atom is -0.207 e. The lowest BCUT2D eigenvalue weighted by molar-refractivity contribution is 0.574. The van der Waals surface area contributed by atoms with Crippen molar-refractivity contribution < 1.29 is 8.42 Å². The highest BCUT2D eigenvalue weighted by Crippen LogP contribution is 2.20. The van der Waals surface area contributed by atoms with E-state index in [4.69, 9.17) is 0 Å². The average molecular weight is 486 g/mol. The van der Waals surface area contributed by atoms with Gasteiger partial charge in [-0.15, -0.1) is 0 Å². The first-order chi connectivity index (χ1) is 17.0. The fourth-order valence-corrected chi connectivity index (χ4v) is 4.96. The van der Waals surface area contributed by atoms with Crippen LogP contribution in [-0.4, -0.2) is 8.42 Å². The summed E-state index contributed by atoms with van der Waals surface area (Å²) in [5.41, 5.74) is 4.08. The molecule has 3 aromatic rings. The highest BCUT2D eigenvalue weighted by Gasteiger charge is 2.19. The average Bonchev–Trinajstić information content (AvgIpc) is 2.87. The first-order valence-corrected chi connectivity index (χ1v) is 13.9. The summed E-state index contributed by atoms with van der Waals surface area (Å²) in [6.07, 6.45) is 10.4. The molecule has 0 radical (unpaired) electrons. The molecule has 0 aromatic heterocycles. The summed E-state index contributed by atoms with van der Waals surface area (Å²) in [5.74, 6) is 6.64. The van der Waals surface area contributed by atoms with Crippen molar-refractivity contribution in [3.63, 3.8) is 0 Å². The van der Waals surface area contributed by atoms with Crippen LogP contribution in [0.1, 0.15) is 67.3 Å². The van der Waals surface area contributed by atoms with Gasteiger partial charge in [-0.1, -0.05) is 116 Å². The maximum absolute atomic E-state index is 13.1. The van der Waals surface area contributed by atoms with Crippen LogP contribution in [0, 0.1) is 18.8 Å². The molecule has 0 saturated heterocycles. The topological polar surface area (TPSA) is 46.2 Å². The molecule has 1 unspecified atom stereocenters. The summed E-state index contributed by atoms with van der Waals surface area (Å²) in [7, 11) is -3.67. The molecule has 0 heterocycles. The molecule has 1 atom stereocenters. The third-order valence-electron chi connectivity index (χ3n) is 5.83. The van der Waals surface area contributed by atoms with Gasteiger partial charge in [0.1, 0.15) is 0 Å². The number of benzene rings is 3. The predicted octanol–water partition coefficient (Wildman–Crippen LogP) is 7.14. The van der Waals surface area contributed by atoms with Crippen molar-refractivity contribution in [2.45, 2.75) is 63.3 Å². The highest BCUT2D eigenvalue weighted by atomic mass is 32.2. The molecule has 0 saturated carbocycles. The smallest absolute Gasteiger partial charge is 0.207 e. The predicted molar refractivity (Wildman–Crippen MR) is 146 cm³/mol. The van der Waals surface area contributed by atoms with Crippen LogP contribution in [0.25, 0.3) is 0 Å². The number of nitrogens with one attached hydrogen (secondary N) is 1. The molecule has 1 N–H and O–H groups in total. The minimum atomic E-state index is -3.67. The van der Waals surface area contributed by atoms with Gasteiger partial charge in [0.15, 0.2) is 0 Å². The van der Waals surface area contributed by atoms with Crippen LogP contribution in [0.3, 0.4) is 0 Å². The second-order valence-corrected chi connectivity index (χ2v) is 10.4. The SMILES string of the molecule is CCCCCCC#Cc1ccccc1C/C=C/C(NS(=O)(=O)c1ccc(C)cc1)c1ccccc1. The monoisotopic (exact) mass is 485 g/mol. The molecule has 0 fully saturated rings. The minimum absolute atomic E-state index is 0.261. The molecule has 3 rings (SSSR count). The quantitative estimate of drug-likeness (QED) is 0.178. The van der Waals surface area contributed by atoms with E-state index in [-0.39, 0.29) is 4.90 Å². The second-order valence-electron chi connectivity index (χ2n) is 8.72. The van der Waals surface area contributed by atoms with Gasteiger partial charge in [0.2, 0.25) is 10.0 Å². The number of hydrogen-bond acceptors (Lipinski definition) is 2. The van der Waals surface area contributed by atoms with Gasteiger partial charge in [-0.3, -0.25) is 0 Å². The Morgan fingerprint density at radius 2 is 1.60 bits per heavy atom. The normalized spacial score (nSPS) is 12.3. The number of aryl methyl sites for hydroxylation is 1. The van der Waals surface area contributed by atoms with Gasteiger partial charge < -0.3 is 0 Å². The molecule has 0 spiro atoms. The van der Waals surface area contributed by atoms with Crippen molar-refractivity contribution in [3.05, 3.63) is 113 Å². The van der Waals surface area contributed by atoms with Gasteiger partial charge in [0.05, 0.1) is 10.9 Å². The fourth-order valence-electron chi connectivity index (χ4n) is 3.78. The maximum Gasteiger partial charge on any atom is 0.241 e. The van der Waals surface area contributed by atoms with Crippen molar-refractivity contribution in [1.29, 1.82) is 0 Å². The van der Waals surface area contributed by atoms with Crippen LogP contribution in [0.15, 0.2) is 95.9 Å². The molecular formula is C31H35NO2S. The van der Waals surface area contributed by atoms with Gasteiger partial charge in [-0.05, 0) is 49.1 Å². The molecule has 0 bridgehead atoms. The van der Waals surface area contributed by atoms with Crippen molar-refractivity contribution >= 4 is 10.0 Å². The molecule has 0 aliphatic heterocycles. The van der Waals surface area contributed by atoms with Gasteiger partial charge in [-0.25, -0.2) is 8.42 Å². The number of unbranched alkanes of at least 4 members (excludes halogenated alkanes) is 4. The van der Waals surface area contributed by atoms with E-state index >= 15 is 0 Å². The summed E-state index contributed by atoms with van der Waals surface area (Å²) in [4.78, 5) is 0.261. The first-order valence-electron chi connectivity index (χ1n) is 12.4. The molecule has 3 nitrogen and oxygen atoms in total. The van der Waals surface area contributed by atoms with Crippen LogP contribution < -0.4 is 4.72 Å². The lowest BCUT2D eigenvalue weighted by atomic mass is 10.0. The molecule has 35 heavy (non-hydrogen) atoms. The van der Waals surface area contributed by atoms with Crippen molar-refractivity contribution in [2.24, 2.45) is 0 Å². The zero-order valence-electron chi connectivity index (χ0n) is 20.7. The Balaban J connectivity index is 1.75. The van der Waals surface area contributed by atoms with E-state index in [1.807, 2.05) is 73.7 Å². The number of rotatable bonds is 11. The third kappa shape index (κ3) is 8.55. The Kier molecular flexibility index (Phi) is 10.3. The summed E-state index contributed by atoms with van der Waals surface area (Å²) >= 11 is 0. The lowest BCUT2D eigenvalue weighted by Gasteiger charge is -2.16. The van der Waals surface area contributed by atoms with Crippen LogP contribution in [0.5, 0.6) is 0 Å². The van der Waals surface area contributed by atoms with E-state index in [1.165, 1.54) is 19.3 Å². The maximum atomic E-state index is 13.1. The summed E-state index contributed by atoms with van der Waals surface area (Å²) < 4.78 is 29.0. The molecule has 0 aliphatic carbocycles. The largest absolute Gasteiger partial charge is 0.241 e. The Labute approximate surface area is 211 Å². The first kappa shape index (κ1) is 26.5. The molecule has 0 amide bonds. The number of sulfonamides is 1. The summed E-state index contributed by atoms with van der Waals surface area (Å²) in [6, 6.07) is 24.2. The van der Waals surface area contributed by atoms with E-state index in [1.54, 1.807) is 12.1 Å². The molecule has 4 heteroatoms. The van der Waals surface area contributed by atoms with E-state index in [0.717, 1.165) is 35.1 Å². The molecule has 0 aliphatic rings. The standard InChI is InChI=1S/C31H35NO2S/c1-3-4-5-6-7-9-15-27-16-12-13-17-28(27)20-14-21-31(29-18-10-8-11-19-29)32-35(33,34)30-24-22-26(2)23-25-30/h8,10-14,16-19,21-25,31-32H,3-7,20H2,1-2H3/b21-14+. The van der Waals surface area contributed by atoms with Crippen LogP contribution >= 0.6 is 0 Å². The third-order valence-corrected chi connectivity index (χ3v) is 7.29. The Morgan fingerprint density at radius 1 is 0.886 bits per heavy atom. The van der Waals surface area contributed by atoms with Crippen LogP contribution in [0.4, 0.5) is 0 Å². The fraction of sp³-hybridized carbons (Fsp3) is 0.290. The zero-order valence-corrected chi connectivity index (χ0v) is 21.5. The van der Waals surface area contributed by atoms with Gasteiger partial charge >= 0.3 is 0 Å². The lowest BCUT2D eigenvalue weighted by Crippen LogP contribution is -2.27. The Morgan fingerprint density at radius 3 is 2.34 bits per heavy atom. The summed E-state index contributed by atoms with van der Waals surface area (Å²) in [5, 5.41) is 0. The molecular weight excluding hydrogens is 450 g/mol. The van der Waals surface area contributed by atoms with Crippen LogP contribution in [-0.2, 0) is 16.4 Å². The van der Waals surface area contributed by atoms with Crippen molar-refractivity contribution in [1.82, 2.24) is 4.72 Å². The van der Waals surface area contributed by atoms with Gasteiger partial charge in [0.25, 0.3) is 0 Å². The second kappa shape index (κ2) is 13.7. The van der Waals surface area contributed by atoms with E-state index in [0.29, 0.717) is 6.42 Å². The highest BCUT2D eigenvalue weighted by molar-refractivity contribution is 7.89. The Bertz CT molecular complexity index is 1250. The Hall–Kier alpha value is -3.13. The molecule has 3 aromatic carbocycles. The van der Waals surface area contributed by atoms with Gasteiger partial charge in [-0.2, -0.15) is 4.72 Å². The zero-order chi connectivity index (χ0) is 24.9. The number of allylic oxidation sites excluding steroid dienone is 1. The number of hydrogen-bond donors (Lipinski definition) is 1. The summed E-state index contributed by atoms with van der Waals surface area (Å²) in [6.45, 7) is 4.15. The van der Waals surface area contributed by atoms with Crippen LogP contribution in [0.2, 0.25) is 0 Å². The van der Waals surface area contributed by atoms with Crippen molar-refractivity contribution in [3.8, 4) is 11.8 Å². The van der Waals surface area contributed by atoms with E-state index < -0.39 is 16.1 Å². The van der Waals surface area contributed by atoms with E-state index in [9.17, 15) is 8.42 Å². The van der Waals surface area contributed by atoms with Crippen molar-refractivity contribution in [2.75, 3.05) is 0 Å². The van der Waals surface area contributed by atoms with Gasteiger partial charge in [0, 0.05) is 12.0 Å². The van der Waals surface area contributed by atoms with E-state index in [2.05, 4.69) is 35.6 Å². The molecule has 182 valence electrons.